The first-order valence-electron chi connectivity index (χ1n) is 7.83. The molecule has 2 N–H and O–H groups in total. The van der Waals surface area contributed by atoms with E-state index in [9.17, 15) is 4.79 Å². The molecule has 0 heterocycles. The SMILES string of the molecule is CC[C@H](C)c1ccc(NC(=O)C(=S)NCc2ccccc2)cc1. The van der Waals surface area contributed by atoms with Crippen LogP contribution in [0.3, 0.4) is 0 Å². The fourth-order valence-electron chi connectivity index (χ4n) is 2.18. The summed E-state index contributed by atoms with van der Waals surface area (Å²) in [5.74, 6) is 0.237. The van der Waals surface area contributed by atoms with Gasteiger partial charge in [0.05, 0.1) is 0 Å². The molecule has 0 unspecified atom stereocenters. The third-order valence-electron chi connectivity index (χ3n) is 3.85. The molecule has 0 radical (unpaired) electrons. The number of thiocarbonyl (C=S) groups is 1. The Labute approximate surface area is 143 Å². The van der Waals surface area contributed by atoms with Gasteiger partial charge in [0.2, 0.25) is 0 Å². The zero-order chi connectivity index (χ0) is 16.7. The number of anilines is 1. The van der Waals surface area contributed by atoms with Gasteiger partial charge in [0, 0.05) is 12.2 Å². The molecule has 0 bridgehead atoms. The highest BCUT2D eigenvalue weighted by Gasteiger charge is 2.09. The minimum Gasteiger partial charge on any atom is -0.368 e. The maximum Gasteiger partial charge on any atom is 0.283 e. The topological polar surface area (TPSA) is 41.1 Å². The lowest BCUT2D eigenvalue weighted by Gasteiger charge is -2.11. The van der Waals surface area contributed by atoms with Gasteiger partial charge >= 0.3 is 0 Å². The Morgan fingerprint density at radius 1 is 1.09 bits per heavy atom. The maximum atomic E-state index is 12.1. The van der Waals surface area contributed by atoms with Gasteiger partial charge in [-0.2, -0.15) is 0 Å². The van der Waals surface area contributed by atoms with E-state index in [0.29, 0.717) is 12.5 Å². The van der Waals surface area contributed by atoms with Crippen LogP contribution >= 0.6 is 12.2 Å². The van der Waals surface area contributed by atoms with E-state index in [4.69, 9.17) is 12.2 Å². The third-order valence-corrected chi connectivity index (χ3v) is 4.18. The summed E-state index contributed by atoms with van der Waals surface area (Å²) in [6.07, 6.45) is 1.10. The van der Waals surface area contributed by atoms with Crippen LogP contribution in [0.4, 0.5) is 5.69 Å². The molecule has 2 rings (SSSR count). The Balaban J connectivity index is 1.87. The Morgan fingerprint density at radius 3 is 2.35 bits per heavy atom. The summed E-state index contributed by atoms with van der Waals surface area (Å²) in [7, 11) is 0. The number of hydrogen-bond donors (Lipinski definition) is 2. The molecular formula is C19H22N2OS. The number of carbonyl (C=O) groups is 1. The number of rotatable bonds is 5. The van der Waals surface area contributed by atoms with E-state index in [-0.39, 0.29) is 10.9 Å². The first-order valence-corrected chi connectivity index (χ1v) is 8.24. The largest absolute Gasteiger partial charge is 0.368 e. The summed E-state index contributed by atoms with van der Waals surface area (Å²) in [4.78, 5) is 12.3. The average Bonchev–Trinajstić information content (AvgIpc) is 2.60. The van der Waals surface area contributed by atoms with E-state index < -0.39 is 0 Å². The molecule has 2 aromatic carbocycles. The molecule has 4 heteroatoms. The van der Waals surface area contributed by atoms with Gasteiger partial charge < -0.3 is 10.6 Å². The summed E-state index contributed by atoms with van der Waals surface area (Å²) in [5.41, 5.74) is 3.11. The van der Waals surface area contributed by atoms with Crippen LogP contribution in [-0.4, -0.2) is 10.9 Å². The number of nitrogens with one attached hydrogen (secondary N) is 2. The minimum atomic E-state index is -0.285. The van der Waals surface area contributed by atoms with Crippen LogP contribution < -0.4 is 10.6 Å². The molecule has 0 aliphatic heterocycles. The van der Waals surface area contributed by atoms with Gasteiger partial charge in [-0.05, 0) is 35.6 Å². The highest BCUT2D eigenvalue weighted by molar-refractivity contribution is 7.82. The molecule has 1 amide bonds. The Bertz CT molecular complexity index is 653. The van der Waals surface area contributed by atoms with Crippen molar-refractivity contribution < 1.29 is 4.79 Å². The molecule has 2 aromatic rings. The average molecular weight is 326 g/mol. The van der Waals surface area contributed by atoms with Gasteiger partial charge in [-0.3, -0.25) is 4.79 Å². The summed E-state index contributed by atoms with van der Waals surface area (Å²) in [5, 5.41) is 5.80. The molecule has 3 nitrogen and oxygen atoms in total. The second-order valence-electron chi connectivity index (χ2n) is 5.55. The van der Waals surface area contributed by atoms with Crippen LogP contribution in [0.25, 0.3) is 0 Å². The van der Waals surface area contributed by atoms with Crippen LogP contribution in [0.2, 0.25) is 0 Å². The molecule has 120 valence electrons. The number of benzene rings is 2. The summed E-state index contributed by atoms with van der Waals surface area (Å²) in [6, 6.07) is 17.8. The first-order chi connectivity index (χ1) is 11.1. The van der Waals surface area contributed by atoms with Crippen molar-refractivity contribution in [2.45, 2.75) is 32.7 Å². The molecule has 0 aliphatic rings. The smallest absolute Gasteiger partial charge is 0.283 e. The van der Waals surface area contributed by atoms with E-state index in [0.717, 1.165) is 17.7 Å². The highest BCUT2D eigenvalue weighted by Crippen LogP contribution is 2.20. The van der Waals surface area contributed by atoms with Crippen molar-refractivity contribution in [2.24, 2.45) is 0 Å². The standard InChI is InChI=1S/C19H22N2OS/c1-3-14(2)16-9-11-17(12-10-16)21-18(22)19(23)20-13-15-7-5-4-6-8-15/h4-12,14H,3,13H2,1-2H3,(H,20,23)(H,21,22)/t14-/m0/s1. The maximum absolute atomic E-state index is 12.1. The monoisotopic (exact) mass is 326 g/mol. The van der Waals surface area contributed by atoms with Crippen molar-refractivity contribution in [3.8, 4) is 0 Å². The van der Waals surface area contributed by atoms with E-state index >= 15 is 0 Å². The van der Waals surface area contributed by atoms with Gasteiger partial charge in [0.1, 0.15) is 0 Å². The van der Waals surface area contributed by atoms with Crippen LogP contribution in [0, 0.1) is 0 Å². The Morgan fingerprint density at radius 2 is 1.74 bits per heavy atom. The molecule has 0 saturated heterocycles. The van der Waals surface area contributed by atoms with Crippen molar-refractivity contribution in [3.05, 3.63) is 65.7 Å². The molecular weight excluding hydrogens is 304 g/mol. The lowest BCUT2D eigenvalue weighted by atomic mass is 9.99. The fourth-order valence-corrected chi connectivity index (χ4v) is 2.30. The van der Waals surface area contributed by atoms with Crippen LogP contribution in [0.15, 0.2) is 54.6 Å². The van der Waals surface area contributed by atoms with Crippen molar-refractivity contribution in [3.63, 3.8) is 0 Å². The zero-order valence-corrected chi connectivity index (χ0v) is 14.3. The molecule has 23 heavy (non-hydrogen) atoms. The third kappa shape index (κ3) is 5.18. The molecule has 0 aromatic heterocycles. The van der Waals surface area contributed by atoms with Crippen LogP contribution in [0.1, 0.15) is 37.3 Å². The van der Waals surface area contributed by atoms with Crippen molar-refractivity contribution in [2.75, 3.05) is 5.32 Å². The Hall–Kier alpha value is -2.20. The van der Waals surface area contributed by atoms with Gasteiger partial charge in [-0.1, -0.05) is 68.5 Å². The van der Waals surface area contributed by atoms with Crippen LogP contribution in [-0.2, 0) is 11.3 Å². The predicted octanol–water partition coefficient (Wildman–Crippen LogP) is 4.26. The molecule has 0 saturated carbocycles. The second-order valence-corrected chi connectivity index (χ2v) is 5.96. The molecule has 0 spiro atoms. The van der Waals surface area contributed by atoms with E-state index in [2.05, 4.69) is 24.5 Å². The summed E-state index contributed by atoms with van der Waals surface area (Å²) >= 11 is 5.14. The van der Waals surface area contributed by atoms with Gasteiger partial charge in [-0.15, -0.1) is 0 Å². The fraction of sp³-hybridized carbons (Fsp3) is 0.263. The second kappa shape index (κ2) is 8.44. The quantitative estimate of drug-likeness (QED) is 0.807. The summed E-state index contributed by atoms with van der Waals surface area (Å²) in [6.45, 7) is 4.90. The van der Waals surface area contributed by atoms with E-state index in [1.165, 1.54) is 5.56 Å². The minimum absolute atomic E-state index is 0.194. The van der Waals surface area contributed by atoms with Crippen molar-refractivity contribution >= 4 is 28.8 Å². The van der Waals surface area contributed by atoms with Crippen LogP contribution in [0.5, 0.6) is 0 Å². The van der Waals surface area contributed by atoms with Crippen molar-refractivity contribution in [1.82, 2.24) is 5.32 Å². The molecule has 1 atom stereocenters. The number of amides is 1. The van der Waals surface area contributed by atoms with Gasteiger partial charge in [0.25, 0.3) is 5.91 Å². The van der Waals surface area contributed by atoms with E-state index in [1.54, 1.807) is 0 Å². The normalized spacial score (nSPS) is 11.6. The zero-order valence-electron chi connectivity index (χ0n) is 13.5. The van der Waals surface area contributed by atoms with E-state index in [1.807, 2.05) is 54.6 Å². The predicted molar refractivity (Wildman–Crippen MR) is 99.7 cm³/mol. The van der Waals surface area contributed by atoms with Gasteiger partial charge in [0.15, 0.2) is 4.99 Å². The number of carbonyl (C=O) groups excluding carboxylic acids is 1. The van der Waals surface area contributed by atoms with Crippen molar-refractivity contribution in [1.29, 1.82) is 0 Å². The molecule has 0 fully saturated rings. The Kier molecular flexibility index (Phi) is 6.29. The number of hydrogen-bond acceptors (Lipinski definition) is 2. The lowest BCUT2D eigenvalue weighted by molar-refractivity contribution is -0.110. The lowest BCUT2D eigenvalue weighted by Crippen LogP contribution is -2.33. The highest BCUT2D eigenvalue weighted by atomic mass is 32.1. The first kappa shape index (κ1) is 17.2. The summed E-state index contributed by atoms with van der Waals surface area (Å²) < 4.78 is 0. The van der Waals surface area contributed by atoms with Gasteiger partial charge in [-0.25, -0.2) is 0 Å². The molecule has 0 aliphatic carbocycles.